The van der Waals surface area contributed by atoms with Crippen LogP contribution in [0.2, 0.25) is 0 Å². The summed E-state index contributed by atoms with van der Waals surface area (Å²) in [5.41, 5.74) is 5.58. The predicted octanol–water partition coefficient (Wildman–Crippen LogP) is 0.875. The van der Waals surface area contributed by atoms with Gasteiger partial charge in [0.2, 0.25) is 5.91 Å². The monoisotopic (exact) mass is 246 g/mol. The van der Waals surface area contributed by atoms with E-state index in [9.17, 15) is 4.79 Å². The lowest BCUT2D eigenvalue weighted by Gasteiger charge is -2.26. The summed E-state index contributed by atoms with van der Waals surface area (Å²) in [7, 11) is 0. The fourth-order valence-corrected chi connectivity index (χ4v) is 1.22. The summed E-state index contributed by atoms with van der Waals surface area (Å²) in [5.74, 6) is -0.179. The average Bonchev–Trinajstić information content (AvgIpc) is 2.23. The van der Waals surface area contributed by atoms with Crippen molar-refractivity contribution in [2.45, 2.75) is 47.0 Å². The van der Waals surface area contributed by atoms with E-state index in [1.807, 2.05) is 34.6 Å². The maximum Gasteiger partial charge on any atom is 0.237 e. The lowest BCUT2D eigenvalue weighted by Crippen LogP contribution is -2.50. The van der Waals surface area contributed by atoms with Crippen LogP contribution in [0.3, 0.4) is 0 Å². The van der Waals surface area contributed by atoms with Gasteiger partial charge in [-0.25, -0.2) is 0 Å². The fourth-order valence-electron chi connectivity index (χ4n) is 1.22. The van der Waals surface area contributed by atoms with Crippen LogP contribution in [0.5, 0.6) is 0 Å². The first kappa shape index (κ1) is 16.4. The van der Waals surface area contributed by atoms with Gasteiger partial charge in [0.1, 0.15) is 0 Å². The third-order valence-electron chi connectivity index (χ3n) is 2.36. The Morgan fingerprint density at radius 2 is 1.71 bits per heavy atom. The fraction of sp³-hybridized carbons (Fsp3) is 0.917. The molecule has 0 aromatic heterocycles. The SMILES string of the molecule is CCOC(CNC(=O)[C@@H](N)C(C)(C)C)OCC. The Kier molecular flexibility index (Phi) is 7.34. The average molecular weight is 246 g/mol. The van der Waals surface area contributed by atoms with Gasteiger partial charge in [-0.05, 0) is 19.3 Å². The van der Waals surface area contributed by atoms with E-state index < -0.39 is 12.3 Å². The molecular formula is C12H26N2O3. The van der Waals surface area contributed by atoms with Gasteiger partial charge in [-0.1, -0.05) is 20.8 Å². The van der Waals surface area contributed by atoms with Gasteiger partial charge >= 0.3 is 0 Å². The molecule has 0 spiro atoms. The van der Waals surface area contributed by atoms with Gasteiger partial charge in [0, 0.05) is 13.2 Å². The first-order valence-electron chi connectivity index (χ1n) is 6.09. The molecule has 0 aliphatic carbocycles. The third-order valence-corrected chi connectivity index (χ3v) is 2.36. The highest BCUT2D eigenvalue weighted by Gasteiger charge is 2.27. The predicted molar refractivity (Wildman–Crippen MR) is 67.5 cm³/mol. The molecule has 0 unspecified atom stereocenters. The molecule has 0 saturated carbocycles. The molecule has 0 heterocycles. The van der Waals surface area contributed by atoms with Crippen molar-refractivity contribution in [3.8, 4) is 0 Å². The summed E-state index contributed by atoms with van der Waals surface area (Å²) in [6, 6.07) is -0.536. The van der Waals surface area contributed by atoms with Crippen LogP contribution in [0.1, 0.15) is 34.6 Å². The van der Waals surface area contributed by atoms with E-state index in [1.54, 1.807) is 0 Å². The van der Waals surface area contributed by atoms with Crippen molar-refractivity contribution < 1.29 is 14.3 Å². The van der Waals surface area contributed by atoms with Crippen molar-refractivity contribution in [3.05, 3.63) is 0 Å². The zero-order valence-electron chi connectivity index (χ0n) is 11.6. The van der Waals surface area contributed by atoms with Crippen LogP contribution in [0.15, 0.2) is 0 Å². The van der Waals surface area contributed by atoms with E-state index in [0.29, 0.717) is 19.8 Å². The van der Waals surface area contributed by atoms with Crippen molar-refractivity contribution >= 4 is 5.91 Å². The molecule has 1 atom stereocenters. The third kappa shape index (κ3) is 6.61. The number of carbonyl (C=O) groups is 1. The first-order valence-corrected chi connectivity index (χ1v) is 6.09. The summed E-state index contributed by atoms with van der Waals surface area (Å²) in [4.78, 5) is 11.8. The van der Waals surface area contributed by atoms with E-state index in [4.69, 9.17) is 15.2 Å². The smallest absolute Gasteiger partial charge is 0.237 e. The second-order valence-electron chi connectivity index (χ2n) is 4.93. The summed E-state index contributed by atoms with van der Waals surface area (Å²) in [5, 5.41) is 2.74. The maximum absolute atomic E-state index is 11.8. The Morgan fingerprint density at radius 3 is 2.06 bits per heavy atom. The Hall–Kier alpha value is -0.650. The van der Waals surface area contributed by atoms with Crippen LogP contribution in [-0.4, -0.2) is 38.0 Å². The van der Waals surface area contributed by atoms with Crippen molar-refractivity contribution in [2.75, 3.05) is 19.8 Å². The second-order valence-corrected chi connectivity index (χ2v) is 4.93. The van der Waals surface area contributed by atoms with E-state index >= 15 is 0 Å². The van der Waals surface area contributed by atoms with E-state index in [1.165, 1.54) is 0 Å². The molecule has 5 heteroatoms. The minimum absolute atomic E-state index is 0.179. The van der Waals surface area contributed by atoms with E-state index in [2.05, 4.69) is 5.32 Å². The molecule has 17 heavy (non-hydrogen) atoms. The molecule has 0 aliphatic heterocycles. The number of carbonyl (C=O) groups excluding carboxylic acids is 1. The number of hydrogen-bond acceptors (Lipinski definition) is 4. The normalized spacial score (nSPS) is 13.8. The number of nitrogens with one attached hydrogen (secondary N) is 1. The highest BCUT2D eigenvalue weighted by molar-refractivity contribution is 5.82. The zero-order chi connectivity index (χ0) is 13.5. The Bertz CT molecular complexity index is 220. The van der Waals surface area contributed by atoms with E-state index in [0.717, 1.165) is 0 Å². The quantitative estimate of drug-likeness (QED) is 0.654. The zero-order valence-corrected chi connectivity index (χ0v) is 11.6. The lowest BCUT2D eigenvalue weighted by atomic mass is 9.87. The molecule has 3 N–H and O–H groups in total. The largest absolute Gasteiger partial charge is 0.351 e. The molecule has 1 amide bonds. The van der Waals surface area contributed by atoms with Crippen molar-refractivity contribution in [1.82, 2.24) is 5.32 Å². The van der Waals surface area contributed by atoms with Gasteiger partial charge in [0.15, 0.2) is 6.29 Å². The molecule has 102 valence electrons. The van der Waals surface area contributed by atoms with Gasteiger partial charge in [-0.15, -0.1) is 0 Å². The molecule has 0 bridgehead atoms. The number of rotatable bonds is 7. The van der Waals surface area contributed by atoms with Gasteiger partial charge in [-0.3, -0.25) is 4.79 Å². The Labute approximate surface area is 104 Å². The maximum atomic E-state index is 11.8. The Morgan fingerprint density at radius 1 is 1.24 bits per heavy atom. The molecule has 0 radical (unpaired) electrons. The van der Waals surface area contributed by atoms with E-state index in [-0.39, 0.29) is 11.3 Å². The minimum Gasteiger partial charge on any atom is -0.351 e. The summed E-state index contributed by atoms with van der Waals surface area (Å²) < 4.78 is 10.6. The number of nitrogens with two attached hydrogens (primary N) is 1. The molecule has 0 saturated heterocycles. The van der Waals surface area contributed by atoms with Gasteiger partial charge in [0.25, 0.3) is 0 Å². The molecule has 0 aliphatic rings. The molecule has 0 rings (SSSR count). The molecular weight excluding hydrogens is 220 g/mol. The summed E-state index contributed by atoms with van der Waals surface area (Å²) in [6.45, 7) is 11.0. The highest BCUT2D eigenvalue weighted by Crippen LogP contribution is 2.17. The van der Waals surface area contributed by atoms with Crippen LogP contribution in [0.25, 0.3) is 0 Å². The van der Waals surface area contributed by atoms with Crippen molar-refractivity contribution in [1.29, 1.82) is 0 Å². The molecule has 5 nitrogen and oxygen atoms in total. The molecule has 0 aromatic carbocycles. The van der Waals surface area contributed by atoms with Crippen molar-refractivity contribution in [3.63, 3.8) is 0 Å². The van der Waals surface area contributed by atoms with Crippen molar-refractivity contribution in [2.24, 2.45) is 11.1 Å². The van der Waals surface area contributed by atoms with Crippen LogP contribution in [0, 0.1) is 5.41 Å². The van der Waals surface area contributed by atoms with Crippen LogP contribution < -0.4 is 11.1 Å². The molecule has 0 aromatic rings. The summed E-state index contributed by atoms with van der Waals surface area (Å²) in [6.07, 6.45) is -0.402. The summed E-state index contributed by atoms with van der Waals surface area (Å²) >= 11 is 0. The standard InChI is InChI=1S/C12H26N2O3/c1-6-16-9(17-7-2)8-14-11(15)10(13)12(3,4)5/h9-10H,6-8,13H2,1-5H3,(H,14,15)/t10-/m1/s1. The van der Waals surface area contributed by atoms with Gasteiger partial charge < -0.3 is 20.5 Å². The van der Waals surface area contributed by atoms with Gasteiger partial charge in [0.05, 0.1) is 12.6 Å². The second kappa shape index (κ2) is 7.63. The number of hydrogen-bond donors (Lipinski definition) is 2. The van der Waals surface area contributed by atoms with Gasteiger partial charge in [-0.2, -0.15) is 0 Å². The van der Waals surface area contributed by atoms with Crippen LogP contribution in [0.4, 0.5) is 0 Å². The number of ether oxygens (including phenoxy) is 2. The first-order chi connectivity index (χ1) is 7.82. The lowest BCUT2D eigenvalue weighted by molar-refractivity contribution is -0.142. The highest BCUT2D eigenvalue weighted by atomic mass is 16.7. The van der Waals surface area contributed by atoms with Crippen LogP contribution in [-0.2, 0) is 14.3 Å². The topological polar surface area (TPSA) is 73.6 Å². The number of amides is 1. The minimum atomic E-state index is -0.536. The van der Waals surface area contributed by atoms with Crippen LogP contribution >= 0.6 is 0 Å². The Balaban J connectivity index is 4.11. The molecule has 0 fully saturated rings.